The lowest BCUT2D eigenvalue weighted by Crippen LogP contribution is -2.06. The van der Waals surface area contributed by atoms with Crippen molar-refractivity contribution >= 4 is 0 Å². The molecule has 0 bridgehead atoms. The van der Waals surface area contributed by atoms with Crippen LogP contribution >= 0.6 is 0 Å². The third-order valence-corrected chi connectivity index (χ3v) is 2.52. The summed E-state index contributed by atoms with van der Waals surface area (Å²) in [7, 11) is 0. The first-order chi connectivity index (χ1) is 8.09. The van der Waals surface area contributed by atoms with Crippen molar-refractivity contribution in [3.63, 3.8) is 0 Å². The molecule has 0 spiro atoms. The minimum Gasteiger partial charge on any atom is -0.383 e. The molecule has 2 nitrogen and oxygen atoms in total. The molecule has 17 heavy (non-hydrogen) atoms. The lowest BCUT2D eigenvalue weighted by molar-refractivity contribution is 0.208. The molecule has 0 aliphatic rings. The first kappa shape index (κ1) is 11.7. The number of hydrogen-bond donors (Lipinski definition) is 1. The summed E-state index contributed by atoms with van der Waals surface area (Å²) in [6, 6.07) is 6.76. The number of aliphatic hydroxyl groups is 1. The van der Waals surface area contributed by atoms with Gasteiger partial charge in [0.2, 0.25) is 0 Å². The van der Waals surface area contributed by atoms with Crippen LogP contribution in [0.4, 0.5) is 8.78 Å². The van der Waals surface area contributed by atoms with Crippen molar-refractivity contribution in [1.29, 1.82) is 0 Å². The number of rotatable bonds is 2. The lowest BCUT2D eigenvalue weighted by Gasteiger charge is -2.12. The summed E-state index contributed by atoms with van der Waals surface area (Å²) in [5, 5.41) is 9.92. The van der Waals surface area contributed by atoms with Crippen LogP contribution in [0.2, 0.25) is 0 Å². The van der Waals surface area contributed by atoms with E-state index in [-0.39, 0.29) is 5.56 Å². The van der Waals surface area contributed by atoms with E-state index in [1.807, 2.05) is 0 Å². The van der Waals surface area contributed by atoms with E-state index in [9.17, 15) is 13.9 Å². The Morgan fingerprint density at radius 3 is 2.29 bits per heavy atom. The van der Waals surface area contributed by atoms with Crippen LogP contribution in [0.3, 0.4) is 0 Å². The second-order valence-electron chi connectivity index (χ2n) is 3.77. The smallest absolute Gasteiger partial charge is 0.132 e. The van der Waals surface area contributed by atoms with Crippen molar-refractivity contribution in [2.75, 3.05) is 0 Å². The SMILES string of the molecule is Cc1ccc(C(O)c2c(F)cccc2F)cn1. The third kappa shape index (κ3) is 2.31. The molecule has 1 N–H and O–H groups in total. The number of nitrogens with zero attached hydrogens (tertiary/aromatic N) is 1. The van der Waals surface area contributed by atoms with Crippen molar-refractivity contribution in [2.45, 2.75) is 13.0 Å². The first-order valence-corrected chi connectivity index (χ1v) is 5.14. The van der Waals surface area contributed by atoms with Crippen LogP contribution in [0, 0.1) is 18.6 Å². The van der Waals surface area contributed by atoms with E-state index in [1.54, 1.807) is 19.1 Å². The minimum absolute atomic E-state index is 0.349. The Balaban J connectivity index is 2.43. The fraction of sp³-hybridized carbons (Fsp3) is 0.154. The second kappa shape index (κ2) is 4.59. The maximum Gasteiger partial charge on any atom is 0.132 e. The highest BCUT2D eigenvalue weighted by Crippen LogP contribution is 2.26. The van der Waals surface area contributed by atoms with Crippen molar-refractivity contribution in [2.24, 2.45) is 0 Å². The van der Waals surface area contributed by atoms with Gasteiger partial charge in [-0.3, -0.25) is 4.98 Å². The highest BCUT2D eigenvalue weighted by Gasteiger charge is 2.19. The molecule has 4 heteroatoms. The monoisotopic (exact) mass is 235 g/mol. The Bertz CT molecular complexity index is 505. The maximum absolute atomic E-state index is 13.4. The quantitative estimate of drug-likeness (QED) is 0.868. The molecule has 0 fully saturated rings. The molecule has 0 saturated heterocycles. The van der Waals surface area contributed by atoms with E-state index >= 15 is 0 Å². The Labute approximate surface area is 97.6 Å². The van der Waals surface area contributed by atoms with E-state index in [0.717, 1.165) is 17.8 Å². The summed E-state index contributed by atoms with van der Waals surface area (Å²) in [5.74, 6) is -1.53. The van der Waals surface area contributed by atoms with Crippen LogP contribution in [0.15, 0.2) is 36.5 Å². The maximum atomic E-state index is 13.4. The van der Waals surface area contributed by atoms with Crippen LogP contribution < -0.4 is 0 Å². The van der Waals surface area contributed by atoms with Gasteiger partial charge >= 0.3 is 0 Å². The van der Waals surface area contributed by atoms with Crippen LogP contribution in [0.1, 0.15) is 22.9 Å². The summed E-state index contributed by atoms with van der Waals surface area (Å²) < 4.78 is 26.9. The summed E-state index contributed by atoms with van der Waals surface area (Å²) >= 11 is 0. The zero-order valence-corrected chi connectivity index (χ0v) is 9.19. The van der Waals surface area contributed by atoms with E-state index in [4.69, 9.17) is 0 Å². The number of halogens is 2. The summed E-state index contributed by atoms with van der Waals surface area (Å²) in [6.07, 6.45) is 0.0654. The zero-order chi connectivity index (χ0) is 12.4. The van der Waals surface area contributed by atoms with E-state index in [2.05, 4.69) is 4.98 Å². The molecule has 0 amide bonds. The van der Waals surface area contributed by atoms with Gasteiger partial charge in [-0.2, -0.15) is 0 Å². The Morgan fingerprint density at radius 2 is 1.76 bits per heavy atom. The highest BCUT2D eigenvalue weighted by molar-refractivity contribution is 5.30. The van der Waals surface area contributed by atoms with Gasteiger partial charge in [-0.15, -0.1) is 0 Å². The summed E-state index contributed by atoms with van der Waals surface area (Å²) in [5.41, 5.74) is 0.785. The van der Waals surface area contributed by atoms with Gasteiger partial charge in [0.25, 0.3) is 0 Å². The molecule has 1 aromatic carbocycles. The van der Waals surface area contributed by atoms with Gasteiger partial charge in [-0.05, 0) is 25.1 Å². The average molecular weight is 235 g/mol. The van der Waals surface area contributed by atoms with Crippen molar-refractivity contribution < 1.29 is 13.9 Å². The molecule has 1 aromatic heterocycles. The van der Waals surface area contributed by atoms with Crippen LogP contribution in [0.25, 0.3) is 0 Å². The van der Waals surface area contributed by atoms with Gasteiger partial charge in [-0.1, -0.05) is 12.1 Å². The normalized spacial score (nSPS) is 12.5. The predicted octanol–water partition coefficient (Wildman–Crippen LogP) is 2.75. The molecule has 2 rings (SSSR count). The number of aryl methyl sites for hydroxylation is 1. The Morgan fingerprint density at radius 1 is 1.12 bits per heavy atom. The average Bonchev–Trinajstić information content (AvgIpc) is 2.29. The molecule has 0 saturated carbocycles. The molecule has 2 aromatic rings. The fourth-order valence-electron chi connectivity index (χ4n) is 1.58. The zero-order valence-electron chi connectivity index (χ0n) is 9.19. The lowest BCUT2D eigenvalue weighted by atomic mass is 10.0. The van der Waals surface area contributed by atoms with Crippen molar-refractivity contribution in [3.8, 4) is 0 Å². The van der Waals surface area contributed by atoms with Gasteiger partial charge in [0.05, 0.1) is 5.56 Å². The van der Waals surface area contributed by atoms with Gasteiger partial charge < -0.3 is 5.11 Å². The standard InChI is InChI=1S/C13H11F2NO/c1-8-5-6-9(7-16-8)13(17)12-10(14)3-2-4-11(12)15/h2-7,13,17H,1H3. The van der Waals surface area contributed by atoms with Gasteiger partial charge in [-0.25, -0.2) is 8.78 Å². The largest absolute Gasteiger partial charge is 0.383 e. The molecule has 0 aliphatic heterocycles. The molecule has 0 radical (unpaired) electrons. The summed E-state index contributed by atoms with van der Waals surface area (Å²) in [4.78, 5) is 3.98. The minimum atomic E-state index is -1.34. The van der Waals surface area contributed by atoms with Crippen LogP contribution in [-0.2, 0) is 0 Å². The van der Waals surface area contributed by atoms with E-state index in [0.29, 0.717) is 5.56 Å². The topological polar surface area (TPSA) is 33.1 Å². The van der Waals surface area contributed by atoms with Gasteiger partial charge in [0, 0.05) is 17.5 Å². The molecular weight excluding hydrogens is 224 g/mol. The molecule has 1 unspecified atom stereocenters. The van der Waals surface area contributed by atoms with Crippen LogP contribution in [-0.4, -0.2) is 10.1 Å². The van der Waals surface area contributed by atoms with E-state index < -0.39 is 17.7 Å². The number of aliphatic hydroxyl groups excluding tert-OH is 1. The fourth-order valence-corrected chi connectivity index (χ4v) is 1.58. The number of hydrogen-bond acceptors (Lipinski definition) is 2. The second-order valence-corrected chi connectivity index (χ2v) is 3.77. The number of pyridine rings is 1. The Hall–Kier alpha value is -1.81. The number of aromatic nitrogens is 1. The first-order valence-electron chi connectivity index (χ1n) is 5.14. The third-order valence-electron chi connectivity index (χ3n) is 2.52. The molecule has 1 atom stereocenters. The highest BCUT2D eigenvalue weighted by atomic mass is 19.1. The molecule has 0 aliphatic carbocycles. The van der Waals surface area contributed by atoms with Crippen LogP contribution in [0.5, 0.6) is 0 Å². The van der Waals surface area contributed by atoms with E-state index in [1.165, 1.54) is 12.3 Å². The predicted molar refractivity (Wildman–Crippen MR) is 59.4 cm³/mol. The van der Waals surface area contributed by atoms with Gasteiger partial charge in [0.15, 0.2) is 0 Å². The number of benzene rings is 1. The molecule has 1 heterocycles. The molecule has 88 valence electrons. The Kier molecular flexibility index (Phi) is 3.15. The summed E-state index contributed by atoms with van der Waals surface area (Å²) in [6.45, 7) is 1.79. The molecular formula is C13H11F2NO. The van der Waals surface area contributed by atoms with Gasteiger partial charge in [0.1, 0.15) is 17.7 Å². The van der Waals surface area contributed by atoms with Crippen molar-refractivity contribution in [1.82, 2.24) is 4.98 Å². The van der Waals surface area contributed by atoms with Crippen molar-refractivity contribution in [3.05, 3.63) is 65.0 Å².